The molecule has 1 aromatic carbocycles. The van der Waals surface area contributed by atoms with E-state index in [1.54, 1.807) is 12.1 Å². The van der Waals surface area contributed by atoms with E-state index in [1.807, 2.05) is 39.8 Å². The summed E-state index contributed by atoms with van der Waals surface area (Å²) in [6.45, 7) is 9.91. The quantitative estimate of drug-likeness (QED) is 0.813. The molecule has 1 aromatic rings. The first-order valence-electron chi connectivity index (χ1n) is 8.09. The van der Waals surface area contributed by atoms with Gasteiger partial charge in [-0.15, -0.1) is 0 Å². The SMILES string of the molecule is CCc1ccc(C(=O)N[C@H](C(=O)N[C@@H](C)CC)C(C)C)cc1. The fourth-order valence-electron chi connectivity index (χ4n) is 2.09. The van der Waals surface area contributed by atoms with E-state index in [1.165, 1.54) is 5.56 Å². The van der Waals surface area contributed by atoms with Crippen LogP contribution in [-0.2, 0) is 11.2 Å². The molecule has 0 radical (unpaired) electrons. The van der Waals surface area contributed by atoms with Crippen LogP contribution in [0.2, 0.25) is 0 Å². The zero-order valence-corrected chi connectivity index (χ0v) is 14.3. The topological polar surface area (TPSA) is 58.2 Å². The highest BCUT2D eigenvalue weighted by atomic mass is 16.2. The first kappa shape index (κ1) is 18.2. The average molecular weight is 304 g/mol. The molecule has 2 atom stereocenters. The van der Waals surface area contributed by atoms with Crippen molar-refractivity contribution in [3.05, 3.63) is 35.4 Å². The van der Waals surface area contributed by atoms with Gasteiger partial charge in [0.15, 0.2) is 0 Å². The van der Waals surface area contributed by atoms with E-state index in [2.05, 4.69) is 17.6 Å². The number of rotatable bonds is 7. The Balaban J connectivity index is 2.76. The van der Waals surface area contributed by atoms with Gasteiger partial charge in [-0.3, -0.25) is 9.59 Å². The summed E-state index contributed by atoms with van der Waals surface area (Å²) in [5.41, 5.74) is 1.77. The number of hydrogen-bond donors (Lipinski definition) is 2. The van der Waals surface area contributed by atoms with Crippen molar-refractivity contribution in [2.45, 2.75) is 59.5 Å². The minimum Gasteiger partial charge on any atom is -0.352 e. The van der Waals surface area contributed by atoms with Gasteiger partial charge in [0.05, 0.1) is 0 Å². The Kier molecular flexibility index (Phi) is 7.09. The van der Waals surface area contributed by atoms with Gasteiger partial charge in [-0.2, -0.15) is 0 Å². The van der Waals surface area contributed by atoms with Crippen molar-refractivity contribution in [1.29, 1.82) is 0 Å². The standard InChI is InChI=1S/C18H28N2O2/c1-6-13(5)19-18(22)16(12(3)4)20-17(21)15-10-8-14(7-2)9-11-15/h8-13,16H,6-7H2,1-5H3,(H,19,22)(H,20,21)/t13-,16-/m0/s1. The van der Waals surface area contributed by atoms with Crippen LogP contribution in [-0.4, -0.2) is 23.9 Å². The zero-order chi connectivity index (χ0) is 16.7. The van der Waals surface area contributed by atoms with Crippen LogP contribution >= 0.6 is 0 Å². The first-order chi connectivity index (χ1) is 10.4. The van der Waals surface area contributed by atoms with E-state index >= 15 is 0 Å². The highest BCUT2D eigenvalue weighted by molar-refractivity contribution is 5.97. The third-order valence-corrected chi connectivity index (χ3v) is 3.86. The number of nitrogens with one attached hydrogen (secondary N) is 2. The van der Waals surface area contributed by atoms with Crippen LogP contribution in [0.5, 0.6) is 0 Å². The van der Waals surface area contributed by atoms with Crippen molar-refractivity contribution >= 4 is 11.8 Å². The van der Waals surface area contributed by atoms with Crippen LogP contribution in [0.25, 0.3) is 0 Å². The highest BCUT2D eigenvalue weighted by Gasteiger charge is 2.25. The van der Waals surface area contributed by atoms with E-state index in [0.29, 0.717) is 5.56 Å². The van der Waals surface area contributed by atoms with Crippen molar-refractivity contribution in [2.24, 2.45) is 5.92 Å². The van der Waals surface area contributed by atoms with E-state index in [-0.39, 0.29) is 23.8 Å². The summed E-state index contributed by atoms with van der Waals surface area (Å²) in [5, 5.41) is 5.78. The molecule has 22 heavy (non-hydrogen) atoms. The normalized spacial score (nSPS) is 13.5. The Hall–Kier alpha value is -1.84. The Morgan fingerprint density at radius 3 is 2.05 bits per heavy atom. The maximum Gasteiger partial charge on any atom is 0.251 e. The van der Waals surface area contributed by atoms with Gasteiger partial charge in [-0.25, -0.2) is 0 Å². The van der Waals surface area contributed by atoms with Crippen LogP contribution in [0.3, 0.4) is 0 Å². The predicted molar refractivity (Wildman–Crippen MR) is 89.8 cm³/mol. The molecule has 2 amide bonds. The molecule has 0 saturated carbocycles. The Bertz CT molecular complexity index is 494. The Morgan fingerprint density at radius 2 is 1.59 bits per heavy atom. The van der Waals surface area contributed by atoms with Crippen molar-refractivity contribution in [1.82, 2.24) is 10.6 Å². The lowest BCUT2D eigenvalue weighted by atomic mass is 10.0. The third-order valence-electron chi connectivity index (χ3n) is 3.86. The molecule has 0 aliphatic carbocycles. The number of carbonyl (C=O) groups excluding carboxylic acids is 2. The zero-order valence-electron chi connectivity index (χ0n) is 14.3. The van der Waals surface area contributed by atoms with Gasteiger partial charge < -0.3 is 10.6 Å². The molecule has 122 valence electrons. The number of benzene rings is 1. The molecule has 0 bridgehead atoms. The fourth-order valence-corrected chi connectivity index (χ4v) is 2.09. The summed E-state index contributed by atoms with van der Waals surface area (Å²) in [6.07, 6.45) is 1.80. The summed E-state index contributed by atoms with van der Waals surface area (Å²) in [5.74, 6) is -0.300. The second-order valence-electron chi connectivity index (χ2n) is 6.06. The number of amides is 2. The minimum absolute atomic E-state index is 0.0305. The van der Waals surface area contributed by atoms with Gasteiger partial charge in [-0.05, 0) is 43.4 Å². The van der Waals surface area contributed by atoms with Gasteiger partial charge in [0.2, 0.25) is 5.91 Å². The molecule has 4 heteroatoms. The lowest BCUT2D eigenvalue weighted by Gasteiger charge is -2.23. The summed E-state index contributed by atoms with van der Waals surface area (Å²) >= 11 is 0. The number of carbonyl (C=O) groups is 2. The smallest absolute Gasteiger partial charge is 0.251 e. The maximum absolute atomic E-state index is 12.3. The first-order valence-corrected chi connectivity index (χ1v) is 8.09. The van der Waals surface area contributed by atoms with E-state index in [9.17, 15) is 9.59 Å². The summed E-state index contributed by atoms with van der Waals surface area (Å²) in [4.78, 5) is 24.6. The molecule has 0 unspecified atom stereocenters. The third kappa shape index (κ3) is 5.17. The van der Waals surface area contributed by atoms with Crippen LogP contribution in [0, 0.1) is 5.92 Å². The molecule has 4 nitrogen and oxygen atoms in total. The van der Waals surface area contributed by atoms with Gasteiger partial charge >= 0.3 is 0 Å². The minimum atomic E-state index is -0.521. The van der Waals surface area contributed by atoms with Crippen molar-refractivity contribution in [3.8, 4) is 0 Å². The van der Waals surface area contributed by atoms with Gasteiger partial charge in [0.25, 0.3) is 5.91 Å². The van der Waals surface area contributed by atoms with Gasteiger partial charge in [-0.1, -0.05) is 39.8 Å². The fraction of sp³-hybridized carbons (Fsp3) is 0.556. The molecule has 2 N–H and O–H groups in total. The Morgan fingerprint density at radius 1 is 1.00 bits per heavy atom. The molecule has 1 rings (SSSR count). The van der Waals surface area contributed by atoms with E-state index < -0.39 is 6.04 Å². The predicted octanol–water partition coefficient (Wildman–Crippen LogP) is 2.92. The van der Waals surface area contributed by atoms with Crippen LogP contribution in [0.4, 0.5) is 0 Å². The largest absolute Gasteiger partial charge is 0.352 e. The summed E-state index contributed by atoms with van der Waals surface area (Å²) in [7, 11) is 0. The highest BCUT2D eigenvalue weighted by Crippen LogP contribution is 2.08. The number of hydrogen-bond acceptors (Lipinski definition) is 2. The van der Waals surface area contributed by atoms with Crippen LogP contribution < -0.4 is 10.6 Å². The lowest BCUT2D eigenvalue weighted by Crippen LogP contribution is -2.51. The Labute approximate surface area is 133 Å². The van der Waals surface area contributed by atoms with E-state index in [4.69, 9.17) is 0 Å². The van der Waals surface area contributed by atoms with Crippen LogP contribution in [0.1, 0.15) is 57.0 Å². The maximum atomic E-state index is 12.3. The molecule has 0 spiro atoms. The van der Waals surface area contributed by atoms with Crippen molar-refractivity contribution in [3.63, 3.8) is 0 Å². The molecule has 0 fully saturated rings. The van der Waals surface area contributed by atoms with Crippen molar-refractivity contribution in [2.75, 3.05) is 0 Å². The van der Waals surface area contributed by atoms with Crippen molar-refractivity contribution < 1.29 is 9.59 Å². The molecule has 0 aromatic heterocycles. The van der Waals surface area contributed by atoms with Gasteiger partial charge in [0.1, 0.15) is 6.04 Å². The second-order valence-corrected chi connectivity index (χ2v) is 6.06. The summed E-state index contributed by atoms with van der Waals surface area (Å²) in [6, 6.07) is 7.08. The van der Waals surface area contributed by atoms with Crippen LogP contribution in [0.15, 0.2) is 24.3 Å². The average Bonchev–Trinajstić information content (AvgIpc) is 2.51. The monoisotopic (exact) mass is 304 g/mol. The van der Waals surface area contributed by atoms with Gasteiger partial charge in [0, 0.05) is 11.6 Å². The molecular formula is C18H28N2O2. The lowest BCUT2D eigenvalue weighted by molar-refractivity contribution is -0.124. The molecule has 0 aliphatic rings. The molecule has 0 saturated heterocycles. The molecular weight excluding hydrogens is 276 g/mol. The van der Waals surface area contributed by atoms with E-state index in [0.717, 1.165) is 12.8 Å². The molecule has 0 heterocycles. The number of aryl methyl sites for hydroxylation is 1. The second kappa shape index (κ2) is 8.57. The summed E-state index contributed by atoms with van der Waals surface area (Å²) < 4.78 is 0. The molecule has 0 aliphatic heterocycles.